The van der Waals surface area contributed by atoms with Gasteiger partial charge in [0.15, 0.2) is 0 Å². The molecular formula is C15H30N2. The smallest absolute Gasteiger partial charge is 0.0196 e. The number of nitrogens with zero attached hydrogens (tertiary/aromatic N) is 1. The van der Waals surface area contributed by atoms with Gasteiger partial charge in [-0.05, 0) is 38.0 Å². The van der Waals surface area contributed by atoms with Crippen molar-refractivity contribution in [3.8, 4) is 0 Å². The fourth-order valence-electron chi connectivity index (χ4n) is 3.68. The Bertz CT molecular complexity index is 249. The standard InChI is InChI=1S/C15H30N2/c1-5-13-11-17(12(2)10-16-13)14-7-6-8-15(3,4)9-14/h12-14,16H,5-11H2,1-4H3. The van der Waals surface area contributed by atoms with Gasteiger partial charge >= 0.3 is 0 Å². The SMILES string of the molecule is CCC1CN(C2CCCC(C)(C)C2)C(C)CN1. The van der Waals surface area contributed by atoms with E-state index in [1.54, 1.807) is 0 Å². The van der Waals surface area contributed by atoms with Crippen LogP contribution in [-0.4, -0.2) is 36.1 Å². The molecule has 0 bridgehead atoms. The Morgan fingerprint density at radius 3 is 2.76 bits per heavy atom. The molecule has 0 aromatic rings. The maximum Gasteiger partial charge on any atom is 0.0196 e. The summed E-state index contributed by atoms with van der Waals surface area (Å²) in [5, 5.41) is 3.67. The van der Waals surface area contributed by atoms with Crippen LogP contribution in [0.15, 0.2) is 0 Å². The lowest BCUT2D eigenvalue weighted by Gasteiger charge is -2.47. The minimum Gasteiger partial charge on any atom is -0.311 e. The van der Waals surface area contributed by atoms with E-state index in [2.05, 4.69) is 37.9 Å². The van der Waals surface area contributed by atoms with E-state index < -0.39 is 0 Å². The zero-order valence-corrected chi connectivity index (χ0v) is 12.1. The van der Waals surface area contributed by atoms with Gasteiger partial charge in [-0.2, -0.15) is 0 Å². The van der Waals surface area contributed by atoms with Crippen molar-refractivity contribution in [3.63, 3.8) is 0 Å². The van der Waals surface area contributed by atoms with Gasteiger partial charge in [0.05, 0.1) is 0 Å². The van der Waals surface area contributed by atoms with E-state index in [-0.39, 0.29) is 0 Å². The molecule has 1 saturated carbocycles. The van der Waals surface area contributed by atoms with Gasteiger partial charge in [-0.15, -0.1) is 0 Å². The quantitative estimate of drug-likeness (QED) is 0.795. The summed E-state index contributed by atoms with van der Waals surface area (Å²) >= 11 is 0. The minimum absolute atomic E-state index is 0.565. The molecule has 1 aliphatic heterocycles. The topological polar surface area (TPSA) is 15.3 Å². The van der Waals surface area contributed by atoms with Gasteiger partial charge in [-0.3, -0.25) is 4.90 Å². The van der Waals surface area contributed by atoms with Crippen molar-refractivity contribution in [2.45, 2.75) is 77.9 Å². The maximum absolute atomic E-state index is 3.67. The Kier molecular flexibility index (Phi) is 4.14. The highest BCUT2D eigenvalue weighted by Gasteiger charge is 2.35. The predicted molar refractivity (Wildman–Crippen MR) is 74.3 cm³/mol. The lowest BCUT2D eigenvalue weighted by atomic mass is 9.74. The van der Waals surface area contributed by atoms with Crippen molar-refractivity contribution in [1.82, 2.24) is 10.2 Å². The Balaban J connectivity index is 1.99. The summed E-state index contributed by atoms with van der Waals surface area (Å²) in [6, 6.07) is 2.28. The third-order valence-corrected chi connectivity index (χ3v) is 4.84. The molecule has 0 radical (unpaired) electrons. The summed E-state index contributed by atoms with van der Waals surface area (Å²) in [4.78, 5) is 2.80. The van der Waals surface area contributed by atoms with Gasteiger partial charge in [0.1, 0.15) is 0 Å². The summed E-state index contributed by atoms with van der Waals surface area (Å²) < 4.78 is 0. The second-order valence-electron chi connectivity index (χ2n) is 6.97. The first kappa shape index (κ1) is 13.4. The number of hydrogen-bond acceptors (Lipinski definition) is 2. The second-order valence-corrected chi connectivity index (χ2v) is 6.97. The zero-order chi connectivity index (χ0) is 12.5. The highest BCUT2D eigenvalue weighted by Crippen LogP contribution is 2.38. The van der Waals surface area contributed by atoms with Crippen molar-refractivity contribution >= 4 is 0 Å². The van der Waals surface area contributed by atoms with Crippen molar-refractivity contribution in [1.29, 1.82) is 0 Å². The largest absolute Gasteiger partial charge is 0.311 e. The van der Waals surface area contributed by atoms with Crippen LogP contribution in [0.3, 0.4) is 0 Å². The molecular weight excluding hydrogens is 208 g/mol. The van der Waals surface area contributed by atoms with Crippen molar-refractivity contribution < 1.29 is 0 Å². The number of rotatable bonds is 2. The molecule has 2 rings (SSSR count). The first-order valence-corrected chi connectivity index (χ1v) is 7.51. The Morgan fingerprint density at radius 2 is 2.12 bits per heavy atom. The van der Waals surface area contributed by atoms with Crippen molar-refractivity contribution in [2.24, 2.45) is 5.41 Å². The molecule has 0 amide bonds. The van der Waals surface area contributed by atoms with Crippen LogP contribution >= 0.6 is 0 Å². The monoisotopic (exact) mass is 238 g/mol. The molecule has 3 atom stereocenters. The minimum atomic E-state index is 0.565. The molecule has 3 unspecified atom stereocenters. The van der Waals surface area contributed by atoms with E-state index in [4.69, 9.17) is 0 Å². The van der Waals surface area contributed by atoms with E-state index in [9.17, 15) is 0 Å². The molecule has 2 heteroatoms. The summed E-state index contributed by atoms with van der Waals surface area (Å²) in [6.07, 6.45) is 6.92. The molecule has 1 heterocycles. The summed E-state index contributed by atoms with van der Waals surface area (Å²) in [5.74, 6) is 0. The van der Waals surface area contributed by atoms with Crippen molar-refractivity contribution in [2.75, 3.05) is 13.1 Å². The second kappa shape index (κ2) is 5.27. The van der Waals surface area contributed by atoms with E-state index in [0.717, 1.165) is 18.1 Å². The highest BCUT2D eigenvalue weighted by molar-refractivity contribution is 4.92. The normalized spacial score (nSPS) is 39.2. The first-order valence-electron chi connectivity index (χ1n) is 7.51. The zero-order valence-electron chi connectivity index (χ0n) is 12.1. The average Bonchev–Trinajstić information content (AvgIpc) is 2.28. The molecule has 17 heavy (non-hydrogen) atoms. The molecule has 2 nitrogen and oxygen atoms in total. The number of piperazine rings is 1. The van der Waals surface area contributed by atoms with Crippen LogP contribution in [0.5, 0.6) is 0 Å². The third kappa shape index (κ3) is 3.23. The van der Waals surface area contributed by atoms with Crippen LogP contribution in [0.25, 0.3) is 0 Å². The van der Waals surface area contributed by atoms with Gasteiger partial charge in [0.2, 0.25) is 0 Å². The van der Waals surface area contributed by atoms with Crippen LogP contribution in [0.4, 0.5) is 0 Å². The predicted octanol–water partition coefficient (Wildman–Crippen LogP) is 3.03. The molecule has 1 aliphatic carbocycles. The van der Waals surface area contributed by atoms with Gasteiger partial charge in [-0.1, -0.05) is 27.2 Å². The Hall–Kier alpha value is -0.0800. The van der Waals surface area contributed by atoms with Crippen molar-refractivity contribution in [3.05, 3.63) is 0 Å². The van der Waals surface area contributed by atoms with Gasteiger partial charge < -0.3 is 5.32 Å². The van der Waals surface area contributed by atoms with Crippen LogP contribution in [0, 0.1) is 5.41 Å². The van der Waals surface area contributed by atoms with E-state index in [1.165, 1.54) is 45.2 Å². The lowest BCUT2D eigenvalue weighted by Crippen LogP contribution is -2.59. The van der Waals surface area contributed by atoms with Gasteiger partial charge in [0, 0.05) is 31.2 Å². The summed E-state index contributed by atoms with van der Waals surface area (Å²) in [5.41, 5.74) is 0.565. The Morgan fingerprint density at radius 1 is 1.35 bits per heavy atom. The fourth-order valence-corrected chi connectivity index (χ4v) is 3.68. The molecule has 0 spiro atoms. The highest BCUT2D eigenvalue weighted by atomic mass is 15.3. The van der Waals surface area contributed by atoms with E-state index >= 15 is 0 Å². The molecule has 2 aliphatic rings. The fraction of sp³-hybridized carbons (Fsp3) is 1.00. The van der Waals surface area contributed by atoms with Crippen LogP contribution in [0.1, 0.15) is 59.8 Å². The average molecular weight is 238 g/mol. The number of nitrogens with one attached hydrogen (secondary N) is 1. The first-order chi connectivity index (χ1) is 8.02. The lowest BCUT2D eigenvalue weighted by molar-refractivity contribution is 0.0370. The van der Waals surface area contributed by atoms with E-state index in [1.807, 2.05) is 0 Å². The Labute approximate surface area is 107 Å². The molecule has 0 aromatic carbocycles. The molecule has 1 saturated heterocycles. The maximum atomic E-state index is 3.67. The molecule has 1 N–H and O–H groups in total. The molecule has 100 valence electrons. The van der Waals surface area contributed by atoms with E-state index in [0.29, 0.717) is 5.41 Å². The third-order valence-electron chi connectivity index (χ3n) is 4.84. The number of hydrogen-bond donors (Lipinski definition) is 1. The van der Waals surface area contributed by atoms with Gasteiger partial charge in [0.25, 0.3) is 0 Å². The van der Waals surface area contributed by atoms with Crippen LogP contribution < -0.4 is 5.32 Å². The molecule has 2 fully saturated rings. The summed E-state index contributed by atoms with van der Waals surface area (Å²) in [6.45, 7) is 12.0. The molecule has 0 aromatic heterocycles. The van der Waals surface area contributed by atoms with Gasteiger partial charge in [-0.25, -0.2) is 0 Å². The summed E-state index contributed by atoms with van der Waals surface area (Å²) in [7, 11) is 0. The van der Waals surface area contributed by atoms with Crippen LogP contribution in [-0.2, 0) is 0 Å². The van der Waals surface area contributed by atoms with Crippen LogP contribution in [0.2, 0.25) is 0 Å².